The lowest BCUT2D eigenvalue weighted by molar-refractivity contribution is -0.142. The minimum Gasteiger partial charge on any atom is -0.468 e. The van der Waals surface area contributed by atoms with E-state index in [9.17, 15) is 14.4 Å². The van der Waals surface area contributed by atoms with Crippen LogP contribution in [0.4, 0.5) is 10.5 Å². The summed E-state index contributed by atoms with van der Waals surface area (Å²) in [6, 6.07) is 11.2. The van der Waals surface area contributed by atoms with Gasteiger partial charge in [0, 0.05) is 0 Å². The molecule has 0 aromatic heterocycles. The van der Waals surface area contributed by atoms with E-state index in [0.717, 1.165) is 5.56 Å². The van der Waals surface area contributed by atoms with Gasteiger partial charge in [-0.1, -0.05) is 18.2 Å². The molecular formula is C20H19N3O6. The van der Waals surface area contributed by atoms with Crippen molar-refractivity contribution in [1.29, 1.82) is 0 Å². The predicted molar refractivity (Wildman–Crippen MR) is 104 cm³/mol. The zero-order valence-corrected chi connectivity index (χ0v) is 15.5. The maximum Gasteiger partial charge on any atom is 0.419 e. The lowest BCUT2D eigenvalue weighted by Crippen LogP contribution is -2.33. The molecule has 150 valence electrons. The molecule has 0 radical (unpaired) electrons. The quantitative estimate of drug-likeness (QED) is 0.380. The number of hydrogen-bond acceptors (Lipinski definition) is 8. The minimum atomic E-state index is -0.815. The van der Waals surface area contributed by atoms with Crippen molar-refractivity contribution in [2.45, 2.75) is 12.5 Å². The van der Waals surface area contributed by atoms with Gasteiger partial charge < -0.3 is 25.7 Å². The summed E-state index contributed by atoms with van der Waals surface area (Å²) in [5, 5.41) is 2.01. The van der Waals surface area contributed by atoms with Gasteiger partial charge in [-0.2, -0.15) is 0 Å². The Morgan fingerprint density at radius 2 is 1.93 bits per heavy atom. The first kappa shape index (κ1) is 19.9. The molecule has 0 aliphatic carbocycles. The SMILES string of the molecule is COC(=O)C(N)Cc1ccc(Oc2ccc(C=C3OC(=O)NC3=O)cc2N)cc1. The summed E-state index contributed by atoms with van der Waals surface area (Å²) in [6.07, 6.45) is 0.932. The van der Waals surface area contributed by atoms with Gasteiger partial charge in [0.25, 0.3) is 5.91 Å². The van der Waals surface area contributed by atoms with E-state index < -0.39 is 24.0 Å². The van der Waals surface area contributed by atoms with E-state index in [2.05, 4.69) is 4.74 Å². The zero-order valence-electron chi connectivity index (χ0n) is 15.5. The van der Waals surface area contributed by atoms with Crippen LogP contribution in [0.25, 0.3) is 6.08 Å². The monoisotopic (exact) mass is 397 g/mol. The Morgan fingerprint density at radius 1 is 1.21 bits per heavy atom. The number of ether oxygens (including phenoxy) is 3. The van der Waals surface area contributed by atoms with Crippen molar-refractivity contribution in [2.75, 3.05) is 12.8 Å². The van der Waals surface area contributed by atoms with Gasteiger partial charge in [0.05, 0.1) is 12.8 Å². The fourth-order valence-electron chi connectivity index (χ4n) is 2.63. The van der Waals surface area contributed by atoms with E-state index in [4.69, 9.17) is 20.9 Å². The number of carbonyl (C=O) groups excluding carboxylic acids is 3. The molecule has 1 fully saturated rings. The Kier molecular flexibility index (Phi) is 5.79. The number of imide groups is 1. The van der Waals surface area contributed by atoms with E-state index in [1.54, 1.807) is 42.5 Å². The van der Waals surface area contributed by atoms with Crippen LogP contribution >= 0.6 is 0 Å². The van der Waals surface area contributed by atoms with Crippen LogP contribution in [0.5, 0.6) is 11.5 Å². The molecule has 2 aromatic rings. The summed E-state index contributed by atoms with van der Waals surface area (Å²) in [6.45, 7) is 0. The van der Waals surface area contributed by atoms with Crippen molar-refractivity contribution in [3.05, 3.63) is 59.4 Å². The molecule has 1 aliphatic rings. The first-order valence-electron chi connectivity index (χ1n) is 8.60. The Morgan fingerprint density at radius 3 is 2.52 bits per heavy atom. The predicted octanol–water partition coefficient (Wildman–Crippen LogP) is 1.71. The van der Waals surface area contributed by atoms with Crippen LogP contribution in [0.1, 0.15) is 11.1 Å². The largest absolute Gasteiger partial charge is 0.468 e. The van der Waals surface area contributed by atoms with Crippen LogP contribution in [0.15, 0.2) is 48.2 Å². The number of amides is 2. The molecule has 29 heavy (non-hydrogen) atoms. The zero-order chi connectivity index (χ0) is 21.0. The van der Waals surface area contributed by atoms with Crippen molar-refractivity contribution in [1.82, 2.24) is 5.32 Å². The molecule has 9 nitrogen and oxygen atoms in total. The van der Waals surface area contributed by atoms with E-state index in [1.807, 2.05) is 5.32 Å². The first-order valence-corrected chi connectivity index (χ1v) is 8.60. The number of methoxy groups -OCH3 is 1. The van der Waals surface area contributed by atoms with Gasteiger partial charge in [0.15, 0.2) is 5.76 Å². The van der Waals surface area contributed by atoms with Gasteiger partial charge in [-0.15, -0.1) is 0 Å². The van der Waals surface area contributed by atoms with Gasteiger partial charge in [0.1, 0.15) is 17.5 Å². The fourth-order valence-corrected chi connectivity index (χ4v) is 2.63. The number of nitrogens with two attached hydrogens (primary N) is 2. The average Bonchev–Trinajstić information content (AvgIpc) is 3.01. The molecule has 1 atom stereocenters. The summed E-state index contributed by atoms with van der Waals surface area (Å²) in [5.74, 6) is -0.232. The summed E-state index contributed by atoms with van der Waals surface area (Å²) >= 11 is 0. The van der Waals surface area contributed by atoms with Gasteiger partial charge in [-0.25, -0.2) is 4.79 Å². The molecule has 5 N–H and O–H groups in total. The second-order valence-electron chi connectivity index (χ2n) is 6.23. The minimum absolute atomic E-state index is 0.108. The van der Waals surface area contributed by atoms with E-state index in [0.29, 0.717) is 29.2 Å². The molecule has 2 amide bonds. The second kappa shape index (κ2) is 8.44. The van der Waals surface area contributed by atoms with E-state index in [1.165, 1.54) is 13.2 Å². The highest BCUT2D eigenvalue weighted by Gasteiger charge is 2.26. The van der Waals surface area contributed by atoms with Crippen molar-refractivity contribution < 1.29 is 28.6 Å². The van der Waals surface area contributed by atoms with Crippen LogP contribution in [0.2, 0.25) is 0 Å². The molecule has 2 aromatic carbocycles. The van der Waals surface area contributed by atoms with Crippen LogP contribution in [0, 0.1) is 0 Å². The second-order valence-corrected chi connectivity index (χ2v) is 6.23. The molecule has 3 rings (SSSR count). The molecule has 9 heteroatoms. The van der Waals surface area contributed by atoms with Gasteiger partial charge in [0.2, 0.25) is 0 Å². The number of rotatable bonds is 6. The number of carbonyl (C=O) groups is 3. The van der Waals surface area contributed by atoms with Crippen molar-refractivity contribution in [3.8, 4) is 11.5 Å². The van der Waals surface area contributed by atoms with Crippen molar-refractivity contribution >= 4 is 29.7 Å². The maximum atomic E-state index is 11.5. The van der Waals surface area contributed by atoms with E-state index >= 15 is 0 Å². The van der Waals surface area contributed by atoms with Gasteiger partial charge in [-0.05, 0) is 47.9 Å². The fraction of sp³-hybridized carbons (Fsp3) is 0.150. The van der Waals surface area contributed by atoms with Gasteiger partial charge >= 0.3 is 12.1 Å². The molecular weight excluding hydrogens is 378 g/mol. The number of nitrogens with one attached hydrogen (secondary N) is 1. The number of cyclic esters (lactones) is 1. The molecule has 1 unspecified atom stereocenters. The summed E-state index contributed by atoms with van der Waals surface area (Å²) in [4.78, 5) is 34.0. The lowest BCUT2D eigenvalue weighted by Gasteiger charge is -2.11. The Hall–Kier alpha value is -3.85. The standard InChI is InChI=1S/C20H19N3O6/c1-27-19(25)15(22)8-11-2-5-13(6-3-11)28-16-7-4-12(9-14(16)21)10-17-18(24)23-20(26)29-17/h2-7,9-10,15H,8,21-22H2,1H3,(H,23,24,26). The lowest BCUT2D eigenvalue weighted by atomic mass is 10.1. The molecule has 0 spiro atoms. The van der Waals surface area contributed by atoms with Crippen LogP contribution in [-0.2, 0) is 25.5 Å². The normalized spacial score (nSPS) is 15.6. The number of benzene rings is 2. The third kappa shape index (κ3) is 4.90. The summed E-state index contributed by atoms with van der Waals surface area (Å²) < 4.78 is 15.1. The van der Waals surface area contributed by atoms with Crippen LogP contribution < -0.4 is 21.5 Å². The Labute approximate surface area is 166 Å². The highest BCUT2D eigenvalue weighted by molar-refractivity contribution is 6.09. The Balaban J connectivity index is 1.67. The third-order valence-corrected chi connectivity index (χ3v) is 4.08. The number of alkyl carbamates (subject to hydrolysis) is 1. The topological polar surface area (TPSA) is 143 Å². The summed E-state index contributed by atoms with van der Waals surface area (Å²) in [5.41, 5.74) is 13.5. The highest BCUT2D eigenvalue weighted by Crippen LogP contribution is 2.29. The number of hydrogen-bond donors (Lipinski definition) is 3. The van der Waals surface area contributed by atoms with Crippen LogP contribution in [-0.4, -0.2) is 31.1 Å². The highest BCUT2D eigenvalue weighted by atomic mass is 16.6. The molecule has 0 bridgehead atoms. The smallest absolute Gasteiger partial charge is 0.419 e. The number of esters is 1. The average molecular weight is 397 g/mol. The molecule has 1 aliphatic heterocycles. The summed E-state index contributed by atoms with van der Waals surface area (Å²) in [7, 11) is 1.29. The van der Waals surface area contributed by atoms with Crippen molar-refractivity contribution in [2.24, 2.45) is 5.73 Å². The molecule has 0 saturated carbocycles. The number of anilines is 1. The van der Waals surface area contributed by atoms with Gasteiger partial charge in [-0.3, -0.25) is 14.9 Å². The first-order chi connectivity index (χ1) is 13.9. The van der Waals surface area contributed by atoms with Crippen molar-refractivity contribution in [3.63, 3.8) is 0 Å². The third-order valence-electron chi connectivity index (χ3n) is 4.08. The maximum absolute atomic E-state index is 11.5. The van der Waals surface area contributed by atoms with E-state index in [-0.39, 0.29) is 5.76 Å². The van der Waals surface area contributed by atoms with Crippen LogP contribution in [0.3, 0.4) is 0 Å². The Bertz CT molecular complexity index is 984. The molecule has 1 saturated heterocycles. The number of nitrogen functional groups attached to an aromatic ring is 1. The molecule has 1 heterocycles.